The predicted molar refractivity (Wildman–Crippen MR) is 142 cm³/mol. The van der Waals surface area contributed by atoms with Gasteiger partial charge in [-0.3, -0.25) is 4.79 Å². The number of benzene rings is 3. The van der Waals surface area contributed by atoms with Gasteiger partial charge in [0.1, 0.15) is 5.75 Å². The van der Waals surface area contributed by atoms with E-state index in [-0.39, 0.29) is 11.3 Å². The first kappa shape index (κ1) is 24.0. The largest absolute Gasteiger partial charge is 0.496 e. The van der Waals surface area contributed by atoms with Crippen LogP contribution in [0.2, 0.25) is 0 Å². The number of rotatable bonds is 7. The van der Waals surface area contributed by atoms with Crippen LogP contribution in [0.1, 0.15) is 47.8 Å². The summed E-state index contributed by atoms with van der Waals surface area (Å²) in [7, 11) is 1.67. The van der Waals surface area contributed by atoms with Crippen LogP contribution in [0.25, 0.3) is 10.2 Å². The van der Waals surface area contributed by atoms with Crippen LogP contribution in [-0.2, 0) is 11.2 Å². The fourth-order valence-electron chi connectivity index (χ4n) is 3.40. The van der Waals surface area contributed by atoms with E-state index in [2.05, 4.69) is 42.3 Å². The average molecular weight is 490 g/mol. The molecule has 1 amide bonds. The van der Waals surface area contributed by atoms with Crippen molar-refractivity contribution in [3.8, 4) is 5.75 Å². The van der Waals surface area contributed by atoms with Crippen molar-refractivity contribution >= 4 is 45.4 Å². The Morgan fingerprint density at radius 1 is 1.12 bits per heavy atom. The van der Waals surface area contributed by atoms with Gasteiger partial charge in [0.25, 0.3) is 5.91 Å². The van der Waals surface area contributed by atoms with Gasteiger partial charge in [-0.05, 0) is 59.0 Å². The molecule has 7 heteroatoms. The molecule has 0 radical (unpaired) electrons. The van der Waals surface area contributed by atoms with E-state index in [9.17, 15) is 4.79 Å². The second-order valence-corrected chi connectivity index (χ2v) is 11.1. The molecule has 5 nitrogen and oxygen atoms in total. The predicted octanol–water partition coefficient (Wildman–Crippen LogP) is 6.66. The van der Waals surface area contributed by atoms with Crippen molar-refractivity contribution in [3.05, 3.63) is 89.0 Å². The first-order chi connectivity index (χ1) is 16.3. The molecule has 0 atom stereocenters. The lowest BCUT2D eigenvalue weighted by Gasteiger charge is -2.18. The second-order valence-electron chi connectivity index (χ2n) is 8.83. The highest BCUT2D eigenvalue weighted by Crippen LogP contribution is 2.33. The van der Waals surface area contributed by atoms with Gasteiger partial charge in [0, 0.05) is 16.9 Å². The molecule has 0 aliphatic rings. The smallest absolute Gasteiger partial charge is 0.271 e. The number of thiazole rings is 1. The van der Waals surface area contributed by atoms with Crippen LogP contribution >= 0.6 is 23.1 Å². The zero-order valence-electron chi connectivity index (χ0n) is 19.7. The number of para-hydroxylation sites is 1. The Bertz CT molecular complexity index is 1290. The van der Waals surface area contributed by atoms with Crippen LogP contribution in [0.15, 0.2) is 76.2 Å². The molecule has 0 aliphatic carbocycles. The number of nitrogens with one attached hydrogen (secondary N) is 1. The summed E-state index contributed by atoms with van der Waals surface area (Å²) in [5, 5.41) is 4.15. The van der Waals surface area contributed by atoms with E-state index in [1.165, 1.54) is 10.3 Å². The number of carbonyl (C=O) groups is 1. The van der Waals surface area contributed by atoms with Crippen LogP contribution < -0.4 is 10.2 Å². The maximum absolute atomic E-state index is 12.4. The SMILES string of the molecule is COc1ccc(C=NNC(=O)c2ccc(C(C)(C)C)cc2)cc1CSc1nc2ccccc2s1. The maximum Gasteiger partial charge on any atom is 0.271 e. The molecule has 0 spiro atoms. The Labute approximate surface area is 208 Å². The van der Waals surface area contributed by atoms with Crippen molar-refractivity contribution in [2.75, 3.05) is 7.11 Å². The van der Waals surface area contributed by atoms with Crippen molar-refractivity contribution in [1.82, 2.24) is 10.4 Å². The molecule has 0 unspecified atom stereocenters. The van der Waals surface area contributed by atoms with Crippen molar-refractivity contribution in [3.63, 3.8) is 0 Å². The average Bonchev–Trinajstić information content (AvgIpc) is 3.25. The molecule has 0 bridgehead atoms. The molecule has 0 saturated carbocycles. The minimum Gasteiger partial charge on any atom is -0.496 e. The van der Waals surface area contributed by atoms with E-state index in [0.717, 1.165) is 32.5 Å². The molecular formula is C27H27N3O2S2. The number of nitrogens with zero attached hydrogens (tertiary/aromatic N) is 2. The van der Waals surface area contributed by atoms with Crippen LogP contribution in [0.5, 0.6) is 5.75 Å². The van der Waals surface area contributed by atoms with E-state index in [4.69, 9.17) is 4.74 Å². The van der Waals surface area contributed by atoms with Gasteiger partial charge in [-0.15, -0.1) is 11.3 Å². The fraction of sp³-hybridized carbons (Fsp3) is 0.222. The molecule has 0 saturated heterocycles. The van der Waals surface area contributed by atoms with E-state index in [1.54, 1.807) is 36.4 Å². The monoisotopic (exact) mass is 489 g/mol. The van der Waals surface area contributed by atoms with Gasteiger partial charge in [-0.2, -0.15) is 5.10 Å². The van der Waals surface area contributed by atoms with Gasteiger partial charge >= 0.3 is 0 Å². The molecule has 4 rings (SSSR count). The number of amides is 1. The Balaban J connectivity index is 1.41. The van der Waals surface area contributed by atoms with Crippen molar-refractivity contribution in [1.29, 1.82) is 0 Å². The summed E-state index contributed by atoms with van der Waals surface area (Å²) in [6.07, 6.45) is 1.65. The van der Waals surface area contributed by atoms with Crippen LogP contribution in [0.3, 0.4) is 0 Å². The lowest BCUT2D eigenvalue weighted by atomic mass is 9.87. The number of thioether (sulfide) groups is 1. The van der Waals surface area contributed by atoms with Gasteiger partial charge < -0.3 is 4.74 Å². The molecule has 0 fully saturated rings. The third kappa shape index (κ3) is 5.85. The summed E-state index contributed by atoms with van der Waals surface area (Å²) < 4.78 is 7.74. The topological polar surface area (TPSA) is 63.6 Å². The molecule has 0 aliphatic heterocycles. The number of fused-ring (bicyclic) bond motifs is 1. The molecule has 3 aromatic carbocycles. The Hall–Kier alpha value is -3.16. The maximum atomic E-state index is 12.4. The van der Waals surface area contributed by atoms with Gasteiger partial charge in [0.2, 0.25) is 0 Å². The minimum atomic E-state index is -0.239. The number of hydrogen-bond donors (Lipinski definition) is 1. The van der Waals surface area contributed by atoms with E-state index in [0.29, 0.717) is 5.56 Å². The summed E-state index contributed by atoms with van der Waals surface area (Å²) in [6.45, 7) is 6.44. The third-order valence-corrected chi connectivity index (χ3v) is 7.55. The number of hydrazone groups is 1. The van der Waals surface area contributed by atoms with E-state index in [1.807, 2.05) is 60.7 Å². The molecule has 1 N–H and O–H groups in total. The summed E-state index contributed by atoms with van der Waals surface area (Å²) >= 11 is 3.37. The lowest BCUT2D eigenvalue weighted by molar-refractivity contribution is 0.0955. The Kier molecular flexibility index (Phi) is 7.34. The van der Waals surface area contributed by atoms with Gasteiger partial charge in [0.05, 0.1) is 23.5 Å². The molecule has 1 aromatic heterocycles. The number of methoxy groups -OCH3 is 1. The first-order valence-corrected chi connectivity index (χ1v) is 12.7. The standard InChI is InChI=1S/C27H27N3O2S2/c1-27(2,3)21-12-10-19(11-13-21)25(31)30-28-16-18-9-14-23(32-4)20(15-18)17-33-26-29-22-7-5-6-8-24(22)34-26/h5-16H,17H2,1-4H3,(H,30,31). The number of carbonyl (C=O) groups excluding carboxylic acids is 1. The minimum absolute atomic E-state index is 0.0462. The summed E-state index contributed by atoms with van der Waals surface area (Å²) in [6, 6.07) is 21.6. The van der Waals surface area contributed by atoms with Crippen molar-refractivity contribution in [2.24, 2.45) is 5.10 Å². The number of hydrogen-bond acceptors (Lipinski definition) is 6. The number of ether oxygens (including phenoxy) is 1. The quantitative estimate of drug-likeness (QED) is 0.179. The van der Waals surface area contributed by atoms with Crippen LogP contribution in [-0.4, -0.2) is 24.2 Å². The highest BCUT2D eigenvalue weighted by molar-refractivity contribution is 8.00. The van der Waals surface area contributed by atoms with Gasteiger partial charge in [0.15, 0.2) is 4.34 Å². The summed E-state index contributed by atoms with van der Waals surface area (Å²) in [4.78, 5) is 17.1. The fourth-order valence-corrected chi connectivity index (χ4v) is 5.44. The van der Waals surface area contributed by atoms with Gasteiger partial charge in [-0.25, -0.2) is 10.4 Å². The third-order valence-electron chi connectivity index (χ3n) is 5.32. The Morgan fingerprint density at radius 3 is 2.59 bits per heavy atom. The molecule has 34 heavy (non-hydrogen) atoms. The van der Waals surface area contributed by atoms with E-state index < -0.39 is 0 Å². The molecule has 4 aromatic rings. The first-order valence-electron chi connectivity index (χ1n) is 10.9. The van der Waals surface area contributed by atoms with Crippen LogP contribution in [0.4, 0.5) is 0 Å². The summed E-state index contributed by atoms with van der Waals surface area (Å²) in [5.41, 5.74) is 7.36. The highest BCUT2D eigenvalue weighted by atomic mass is 32.2. The highest BCUT2D eigenvalue weighted by Gasteiger charge is 2.14. The second kappa shape index (κ2) is 10.4. The van der Waals surface area contributed by atoms with Gasteiger partial charge in [-0.1, -0.05) is 56.8 Å². The normalized spacial score (nSPS) is 11.8. The molecule has 1 heterocycles. The van der Waals surface area contributed by atoms with Crippen LogP contribution in [0, 0.1) is 0 Å². The lowest BCUT2D eigenvalue weighted by Crippen LogP contribution is -2.18. The van der Waals surface area contributed by atoms with Crippen molar-refractivity contribution in [2.45, 2.75) is 36.3 Å². The Morgan fingerprint density at radius 2 is 1.88 bits per heavy atom. The molecule has 174 valence electrons. The zero-order valence-corrected chi connectivity index (χ0v) is 21.3. The number of aromatic nitrogens is 1. The molecular weight excluding hydrogens is 462 g/mol. The zero-order chi connectivity index (χ0) is 24.1. The van der Waals surface area contributed by atoms with Crippen molar-refractivity contribution < 1.29 is 9.53 Å². The van der Waals surface area contributed by atoms with E-state index >= 15 is 0 Å². The summed E-state index contributed by atoms with van der Waals surface area (Å²) in [5.74, 6) is 1.29.